The van der Waals surface area contributed by atoms with Gasteiger partial charge in [-0.1, -0.05) is 46.7 Å². The normalized spacial score (nSPS) is 29.7. The van der Waals surface area contributed by atoms with Crippen molar-refractivity contribution in [1.82, 2.24) is 0 Å². The molecule has 4 heterocycles. The Morgan fingerprint density at radius 1 is 0.280 bits per heavy atom. The molecule has 0 saturated carbocycles. The number of rotatable bonds is 31. The van der Waals surface area contributed by atoms with Crippen molar-refractivity contribution in [2.75, 3.05) is 26.4 Å². The molecule has 0 radical (unpaired) electrons. The summed E-state index contributed by atoms with van der Waals surface area (Å²) in [5.41, 5.74) is -2.95. The molecule has 4 fully saturated rings. The molecule has 4 rings (SSSR count). The molecule has 40 heteroatoms. The minimum absolute atomic E-state index is 0.0109. The van der Waals surface area contributed by atoms with Crippen LogP contribution in [-0.4, -0.2) is 252 Å². The second-order valence-corrected chi connectivity index (χ2v) is 24.8. The Kier molecular flexibility index (Phi) is 34.6. The third kappa shape index (κ3) is 27.5. The zero-order valence-electron chi connectivity index (χ0n) is 57.1. The summed E-state index contributed by atoms with van der Waals surface area (Å²) in [6.45, 7) is 11.4. The van der Waals surface area contributed by atoms with E-state index >= 15 is 0 Å². The Hall–Kier alpha value is -8.02. The van der Waals surface area contributed by atoms with Crippen LogP contribution < -0.4 is 0 Å². The number of unbranched alkanes of at least 4 members (excludes halogenated alkanes) is 3. The first-order valence-corrected chi connectivity index (χ1v) is 32.7. The van der Waals surface area contributed by atoms with Gasteiger partial charge in [-0.15, -0.1) is 0 Å². The highest BCUT2D eigenvalue weighted by atomic mass is 32.2. The van der Waals surface area contributed by atoms with Gasteiger partial charge in [-0.05, 0) is 25.7 Å². The van der Waals surface area contributed by atoms with E-state index in [1.165, 1.54) is 0 Å². The lowest BCUT2D eigenvalue weighted by atomic mass is 9.96. The van der Waals surface area contributed by atoms with E-state index in [2.05, 4.69) is 10.3 Å². The third-order valence-electron chi connectivity index (χ3n) is 14.0. The third-order valence-corrected chi connectivity index (χ3v) is 16.4. The summed E-state index contributed by atoms with van der Waals surface area (Å²) in [5, 5.41) is 27.6. The fraction of sp³-hybridized carbons (Fsp3) is 0.733. The summed E-state index contributed by atoms with van der Waals surface area (Å²) in [4.78, 5) is 176. The molecule has 4 aliphatic heterocycles. The van der Waals surface area contributed by atoms with Crippen LogP contribution in [0.4, 0.5) is 0 Å². The van der Waals surface area contributed by atoms with Crippen molar-refractivity contribution >= 4 is 117 Å². The molecule has 4 aliphatic rings. The van der Waals surface area contributed by atoms with E-state index in [9.17, 15) is 77.5 Å². The van der Waals surface area contributed by atoms with Gasteiger partial charge >= 0.3 is 83.6 Å². The number of oxime groups is 2. The van der Waals surface area contributed by atoms with Crippen LogP contribution in [0, 0.1) is 0 Å². The number of thioether (sulfide) groups is 2. The predicted octanol–water partition coefficient (Wildman–Crippen LogP) is 1.61. The van der Waals surface area contributed by atoms with Gasteiger partial charge in [-0.2, -0.15) is 0 Å². The second kappa shape index (κ2) is 41.0. The van der Waals surface area contributed by atoms with Crippen molar-refractivity contribution in [3.8, 4) is 0 Å². The van der Waals surface area contributed by atoms with E-state index in [1.54, 1.807) is 0 Å². The molecule has 0 aromatic heterocycles. The second-order valence-electron chi connectivity index (χ2n) is 22.5. The molecule has 0 aromatic rings. The first kappa shape index (κ1) is 84.4. The summed E-state index contributed by atoms with van der Waals surface area (Å²) in [6, 6.07) is 0. The van der Waals surface area contributed by atoms with Gasteiger partial charge in [0.15, 0.2) is 73.6 Å². The van der Waals surface area contributed by atoms with E-state index in [0.717, 1.165) is 96.9 Å². The van der Waals surface area contributed by atoms with Gasteiger partial charge in [-0.3, -0.25) is 67.1 Å². The maximum atomic E-state index is 13.0. The number of esters is 14. The zero-order valence-corrected chi connectivity index (χ0v) is 58.7. The van der Waals surface area contributed by atoms with Gasteiger partial charge in [0.05, 0.1) is 0 Å². The lowest BCUT2D eigenvalue weighted by molar-refractivity contribution is -0.341. The molecule has 0 aromatic carbocycles. The largest absolute Gasteiger partial charge is 0.463 e. The lowest BCUT2D eigenvalue weighted by Crippen LogP contribution is -2.66. The lowest BCUT2D eigenvalue weighted by Gasteiger charge is -2.48. The fourth-order valence-corrected chi connectivity index (χ4v) is 12.8. The van der Waals surface area contributed by atoms with Crippen LogP contribution in [0.25, 0.3) is 0 Å². The number of ether oxygens (including phenoxy) is 20. The summed E-state index contributed by atoms with van der Waals surface area (Å²) < 4.78 is 115. The molecule has 100 heavy (non-hydrogen) atoms. The Labute approximate surface area is 580 Å². The Balaban J connectivity index is 1.61. The topological polar surface area (TPSA) is 489 Å². The van der Waals surface area contributed by atoms with E-state index in [0.29, 0.717) is 36.4 Å². The van der Waals surface area contributed by atoms with E-state index < -0.39 is 231 Å². The zero-order chi connectivity index (χ0) is 74.8. The van der Waals surface area contributed by atoms with E-state index in [-0.39, 0.29) is 35.8 Å². The van der Waals surface area contributed by atoms with Gasteiger partial charge in [-0.25, -0.2) is 0 Å². The maximum absolute atomic E-state index is 13.0. The molecule has 2 N–H and O–H groups in total. The molecule has 0 spiro atoms. The van der Waals surface area contributed by atoms with Crippen LogP contribution in [0.15, 0.2) is 10.3 Å². The van der Waals surface area contributed by atoms with Crippen LogP contribution in [0.3, 0.4) is 0 Å². The SMILES string of the molecule is CC(=O)OC[C@H]1O[C@@H](S/C(CCCCCC/C(=N\O)S[C@@H]2O[C@H](COC(C)=O)[C@@H](O[C@H]3O[C@H](COC(C)=O)[C@@H](OC(C)=O)[C@H](OC(C)=O)[C@H]3OC(C)=O)[C@H](OC(C)=O)[C@H]2OC(C)=O)=N/O)[C@H](OC(C)=O)[C@@H](OC(C)=O)[C@@H]1O[C@H]1O[C@H](COC(C)=O)[C@@H](OC(C)=O)[C@H](OC(C)=O)[C@H]1OC(C)=O. The van der Waals surface area contributed by atoms with Crippen molar-refractivity contribution in [3.63, 3.8) is 0 Å². The number of nitrogens with zero attached hydrogens (tertiary/aromatic N) is 2. The molecule has 20 atom stereocenters. The van der Waals surface area contributed by atoms with Gasteiger partial charge < -0.3 is 105 Å². The summed E-state index contributed by atoms with van der Waals surface area (Å²) >= 11 is 1.39. The van der Waals surface area contributed by atoms with Crippen molar-refractivity contribution in [1.29, 1.82) is 0 Å². The smallest absolute Gasteiger partial charge is 0.303 e. The molecule has 0 unspecified atom stereocenters. The molecular weight excluding hydrogens is 1390 g/mol. The molecular formula is C60H84N2O36S2. The van der Waals surface area contributed by atoms with Gasteiger partial charge in [0.1, 0.15) is 84.0 Å². The van der Waals surface area contributed by atoms with Gasteiger partial charge in [0.2, 0.25) is 0 Å². The number of carbonyl (C=O) groups excluding carboxylic acids is 14. The van der Waals surface area contributed by atoms with Crippen molar-refractivity contribution < 1.29 is 172 Å². The first-order valence-electron chi connectivity index (χ1n) is 31.0. The Bertz CT molecular complexity index is 2770. The summed E-state index contributed by atoms with van der Waals surface area (Å²) in [5.74, 6) is -13.1. The standard InChI is InChI=1S/C60H84N2O36S2/c1-25(63)79-21-39-45(83-29(5)67)49(85-31(7)69)53(89-35(11)73)57(93-39)97-47-41(23-81-27(3)65)95-59(55(91-37(13)75)51(47)87-33(9)71)99-43(61-77)19-17-15-16-18-20-44(62-78)100-60-56(92-38(14)76)52(88-34(10)72)48(42(96-60)24-82-28(4)66)98-58-54(90-36(12)74)50(86-32(8)70)46(84-30(6)68)40(94-58)22-80-26(2)64/h39-42,45-60,77-78H,15-24H2,1-14H3/b61-43+,62-44+/t39-,40-,41-,42-,45-,46-,47-,48-,49+,50+,51+,52+,53-,54-,55-,56-,57-,58-,59+,60+/m1/s1. The quantitative estimate of drug-likeness (QED) is 0.0189. The molecule has 562 valence electrons. The number of hydrogen-bond donors (Lipinski definition) is 2. The van der Waals surface area contributed by atoms with Gasteiger partial charge in [0, 0.05) is 96.9 Å². The van der Waals surface area contributed by atoms with Crippen LogP contribution in [0.5, 0.6) is 0 Å². The highest BCUT2D eigenvalue weighted by Gasteiger charge is 2.60. The van der Waals surface area contributed by atoms with Crippen molar-refractivity contribution in [2.24, 2.45) is 10.3 Å². The summed E-state index contributed by atoms with van der Waals surface area (Å²) in [6.07, 6.45) is -29.6. The van der Waals surface area contributed by atoms with Crippen LogP contribution in [0.2, 0.25) is 0 Å². The average molecular weight is 1470 g/mol. The first-order chi connectivity index (χ1) is 47.0. The Morgan fingerprint density at radius 2 is 0.500 bits per heavy atom. The highest BCUT2D eigenvalue weighted by molar-refractivity contribution is 8.14. The molecule has 38 nitrogen and oxygen atoms in total. The average Bonchev–Trinajstić information content (AvgIpc) is 0.774. The fourth-order valence-electron chi connectivity index (χ4n) is 10.6. The number of hydrogen-bond acceptors (Lipinski definition) is 40. The van der Waals surface area contributed by atoms with Crippen LogP contribution in [-0.2, 0) is 162 Å². The molecule has 0 bridgehead atoms. The molecule has 4 saturated heterocycles. The van der Waals surface area contributed by atoms with Crippen molar-refractivity contribution in [2.45, 2.75) is 257 Å². The minimum atomic E-state index is -1.94. The van der Waals surface area contributed by atoms with Crippen molar-refractivity contribution in [3.05, 3.63) is 0 Å². The predicted molar refractivity (Wildman–Crippen MR) is 328 cm³/mol. The highest BCUT2D eigenvalue weighted by Crippen LogP contribution is 2.41. The monoisotopic (exact) mass is 1470 g/mol. The maximum Gasteiger partial charge on any atom is 0.303 e. The van der Waals surface area contributed by atoms with E-state index in [4.69, 9.17) is 94.7 Å². The summed E-state index contributed by atoms with van der Waals surface area (Å²) in [7, 11) is 0. The van der Waals surface area contributed by atoms with Crippen LogP contribution >= 0.6 is 23.5 Å². The van der Waals surface area contributed by atoms with E-state index in [1.807, 2.05) is 0 Å². The molecule has 0 amide bonds. The Morgan fingerprint density at radius 3 is 0.740 bits per heavy atom. The number of carbonyl (C=O) groups is 14. The van der Waals surface area contributed by atoms with Crippen LogP contribution in [0.1, 0.15) is 135 Å². The minimum Gasteiger partial charge on any atom is -0.463 e. The molecule has 0 aliphatic carbocycles. The van der Waals surface area contributed by atoms with Gasteiger partial charge in [0.25, 0.3) is 0 Å².